The Hall–Kier alpha value is -0.860. The van der Waals surface area contributed by atoms with Gasteiger partial charge in [0.25, 0.3) is 0 Å². The Labute approximate surface area is 41.8 Å². The van der Waals surface area contributed by atoms with Gasteiger partial charge >= 0.3 is 0 Å². The Balaban J connectivity index is 3.68. The van der Waals surface area contributed by atoms with Gasteiger partial charge in [-0.1, -0.05) is 0 Å². The summed E-state index contributed by atoms with van der Waals surface area (Å²) in [4.78, 5) is 9.96. The zero-order valence-corrected chi connectivity index (χ0v) is 4.34. The zero-order valence-electron chi connectivity index (χ0n) is 4.34. The fourth-order valence-corrected chi connectivity index (χ4v) is 0.256. The van der Waals surface area contributed by atoms with Crippen LogP contribution in [-0.2, 0) is 4.79 Å². The molecule has 0 aromatic carbocycles. The number of hydrogen-bond acceptors (Lipinski definition) is 2. The maximum atomic E-state index is 9.96. The Morgan fingerprint density at radius 2 is 2.29 bits per heavy atom. The standard InChI is InChI=1S/C4H7NO2/c1-4(6)3-5(2)7/h3H,1-2H3. The lowest BCUT2D eigenvalue weighted by atomic mass is 10.5. The van der Waals surface area contributed by atoms with Gasteiger partial charge in [0, 0.05) is 6.92 Å². The van der Waals surface area contributed by atoms with Crippen molar-refractivity contribution in [3.8, 4) is 0 Å². The minimum Gasteiger partial charge on any atom is -0.624 e. The number of Topliss-reactive ketones (excluding diaryl/α,β-unsaturated/α-hetero) is 1. The first-order valence-electron chi connectivity index (χ1n) is 1.88. The smallest absolute Gasteiger partial charge is 0.217 e. The fourth-order valence-electron chi connectivity index (χ4n) is 0.256. The van der Waals surface area contributed by atoms with Gasteiger partial charge in [-0.25, -0.2) is 4.74 Å². The molecule has 0 aliphatic heterocycles. The molecule has 7 heavy (non-hydrogen) atoms. The Morgan fingerprint density at radius 1 is 1.86 bits per heavy atom. The molecule has 0 rings (SSSR count). The van der Waals surface area contributed by atoms with Gasteiger partial charge in [0.15, 0.2) is 0 Å². The van der Waals surface area contributed by atoms with Crippen LogP contribution in [-0.4, -0.2) is 23.8 Å². The Bertz CT molecular complexity index is 102. The van der Waals surface area contributed by atoms with Crippen molar-refractivity contribution < 1.29 is 9.53 Å². The molecule has 0 amide bonds. The summed E-state index contributed by atoms with van der Waals surface area (Å²) in [6, 6.07) is 0. The molecule has 0 N–H and O–H groups in total. The van der Waals surface area contributed by atoms with E-state index in [1.54, 1.807) is 0 Å². The molecule has 0 saturated heterocycles. The average Bonchev–Trinajstić information content (AvgIpc) is 1.27. The van der Waals surface area contributed by atoms with Crippen LogP contribution >= 0.6 is 0 Å². The van der Waals surface area contributed by atoms with Crippen molar-refractivity contribution >= 4 is 12.0 Å². The molecule has 0 atom stereocenters. The molecule has 0 unspecified atom stereocenters. The van der Waals surface area contributed by atoms with Gasteiger partial charge in [-0.3, -0.25) is 4.79 Å². The summed E-state index contributed by atoms with van der Waals surface area (Å²) >= 11 is 0. The highest BCUT2D eigenvalue weighted by atomic mass is 16.5. The van der Waals surface area contributed by atoms with Crippen LogP contribution in [0, 0.1) is 5.21 Å². The van der Waals surface area contributed by atoms with Crippen molar-refractivity contribution in [2.45, 2.75) is 6.92 Å². The van der Waals surface area contributed by atoms with Crippen molar-refractivity contribution in [1.29, 1.82) is 0 Å². The molecule has 0 saturated carbocycles. The molecule has 0 radical (unpaired) electrons. The Kier molecular flexibility index (Phi) is 2.05. The van der Waals surface area contributed by atoms with Gasteiger partial charge in [-0.05, 0) is 0 Å². The number of rotatable bonds is 1. The lowest BCUT2D eigenvalue weighted by Crippen LogP contribution is -2.02. The van der Waals surface area contributed by atoms with Gasteiger partial charge in [0.2, 0.25) is 12.0 Å². The molecule has 0 aromatic heterocycles. The van der Waals surface area contributed by atoms with E-state index in [4.69, 9.17) is 0 Å². The van der Waals surface area contributed by atoms with E-state index in [1.165, 1.54) is 14.0 Å². The van der Waals surface area contributed by atoms with E-state index in [1.807, 2.05) is 0 Å². The first-order chi connectivity index (χ1) is 3.13. The normalized spacial score (nSPS) is 11.4. The third kappa shape index (κ3) is 5.14. The maximum Gasteiger partial charge on any atom is 0.217 e. The Morgan fingerprint density at radius 3 is 2.29 bits per heavy atom. The predicted octanol–water partition coefficient (Wildman–Crippen LogP) is -0.214. The van der Waals surface area contributed by atoms with Crippen LogP contribution in [0.2, 0.25) is 0 Å². The first kappa shape index (κ1) is 6.14. The molecule has 3 nitrogen and oxygen atoms in total. The molecule has 0 aliphatic carbocycles. The largest absolute Gasteiger partial charge is 0.624 e. The molecular weight excluding hydrogens is 94.0 g/mol. The van der Waals surface area contributed by atoms with Crippen LogP contribution in [0.3, 0.4) is 0 Å². The average molecular weight is 101 g/mol. The number of ketones is 1. The highest BCUT2D eigenvalue weighted by molar-refractivity contribution is 6.24. The molecule has 0 spiro atoms. The number of carbonyl (C=O) groups excluding carboxylic acids is 1. The van der Waals surface area contributed by atoms with E-state index >= 15 is 0 Å². The monoisotopic (exact) mass is 101 g/mol. The lowest BCUT2D eigenvalue weighted by Gasteiger charge is -1.88. The second kappa shape index (κ2) is 2.34. The van der Waals surface area contributed by atoms with Crippen LogP contribution < -0.4 is 0 Å². The number of hydrogen-bond donors (Lipinski definition) is 0. The summed E-state index contributed by atoms with van der Waals surface area (Å²) in [6.45, 7) is 1.33. The third-order valence-corrected chi connectivity index (χ3v) is 0.364. The minimum atomic E-state index is -0.225. The van der Waals surface area contributed by atoms with Gasteiger partial charge in [0.1, 0.15) is 7.05 Å². The van der Waals surface area contributed by atoms with E-state index in [0.29, 0.717) is 4.74 Å². The van der Waals surface area contributed by atoms with Crippen LogP contribution in [0.1, 0.15) is 6.92 Å². The molecule has 0 heterocycles. The van der Waals surface area contributed by atoms with E-state index in [9.17, 15) is 10.0 Å². The molecular formula is C4H7NO2. The van der Waals surface area contributed by atoms with Gasteiger partial charge in [0.05, 0.1) is 0 Å². The first-order valence-corrected chi connectivity index (χ1v) is 1.88. The van der Waals surface area contributed by atoms with E-state index in [0.717, 1.165) is 6.21 Å². The van der Waals surface area contributed by atoms with E-state index < -0.39 is 0 Å². The fraction of sp³-hybridized carbons (Fsp3) is 0.500. The van der Waals surface area contributed by atoms with Crippen LogP contribution in [0.5, 0.6) is 0 Å². The highest BCUT2D eigenvalue weighted by Crippen LogP contribution is 1.58. The van der Waals surface area contributed by atoms with Crippen molar-refractivity contribution in [3.05, 3.63) is 5.21 Å². The summed E-state index contributed by atoms with van der Waals surface area (Å²) < 4.78 is 0.475. The predicted molar refractivity (Wildman–Crippen MR) is 26.3 cm³/mol. The molecule has 0 aliphatic rings. The van der Waals surface area contributed by atoms with Crippen molar-refractivity contribution in [2.75, 3.05) is 7.05 Å². The van der Waals surface area contributed by atoms with Gasteiger partial charge in [-0.2, -0.15) is 0 Å². The van der Waals surface area contributed by atoms with Gasteiger partial charge < -0.3 is 5.21 Å². The second-order valence-corrected chi connectivity index (χ2v) is 1.29. The summed E-state index contributed by atoms with van der Waals surface area (Å²) in [6.07, 6.45) is 0.972. The molecule has 40 valence electrons. The molecule has 3 heteroatoms. The minimum absolute atomic E-state index is 0.225. The van der Waals surface area contributed by atoms with Crippen molar-refractivity contribution in [2.24, 2.45) is 0 Å². The van der Waals surface area contributed by atoms with Crippen LogP contribution in [0.15, 0.2) is 0 Å². The molecule has 0 bridgehead atoms. The topological polar surface area (TPSA) is 43.1 Å². The SMILES string of the molecule is CC(=O)C=[N+](C)[O-]. The van der Waals surface area contributed by atoms with Crippen molar-refractivity contribution in [1.82, 2.24) is 0 Å². The molecule has 0 aromatic rings. The molecule has 0 fully saturated rings. The number of hydroxylamine groups is 1. The summed E-state index contributed by atoms with van der Waals surface area (Å²) in [5.74, 6) is -0.225. The maximum absolute atomic E-state index is 9.96. The zero-order chi connectivity index (χ0) is 5.86. The number of nitrogens with zero attached hydrogens (tertiary/aromatic N) is 1. The lowest BCUT2D eigenvalue weighted by molar-refractivity contribution is -0.416. The quantitative estimate of drug-likeness (QED) is 0.198. The summed E-state index contributed by atoms with van der Waals surface area (Å²) in [5.41, 5.74) is 0. The van der Waals surface area contributed by atoms with Crippen LogP contribution in [0.4, 0.5) is 0 Å². The summed E-state index contributed by atoms with van der Waals surface area (Å²) in [7, 11) is 1.27. The van der Waals surface area contributed by atoms with Gasteiger partial charge in [-0.15, -0.1) is 0 Å². The van der Waals surface area contributed by atoms with E-state index in [2.05, 4.69) is 0 Å². The summed E-state index contributed by atoms with van der Waals surface area (Å²) in [5, 5.41) is 9.89. The number of carbonyl (C=O) groups is 1. The third-order valence-electron chi connectivity index (χ3n) is 0.364. The highest BCUT2D eigenvalue weighted by Gasteiger charge is 1.85. The van der Waals surface area contributed by atoms with Crippen LogP contribution in [0.25, 0.3) is 0 Å². The second-order valence-electron chi connectivity index (χ2n) is 1.29. The van der Waals surface area contributed by atoms with E-state index in [-0.39, 0.29) is 5.78 Å². The van der Waals surface area contributed by atoms with Crippen molar-refractivity contribution in [3.63, 3.8) is 0 Å².